The van der Waals surface area contributed by atoms with Crippen LogP contribution in [0.4, 0.5) is 13.2 Å². The molecule has 0 spiro atoms. The highest BCUT2D eigenvalue weighted by atomic mass is 79.9. The molecule has 0 aliphatic carbocycles. The summed E-state index contributed by atoms with van der Waals surface area (Å²) in [4.78, 5) is 0. The van der Waals surface area contributed by atoms with Crippen LogP contribution in [0.5, 0.6) is 0 Å². The summed E-state index contributed by atoms with van der Waals surface area (Å²) in [6.45, 7) is 0. The molecular weight excluding hydrogens is 682 g/mol. The van der Waals surface area contributed by atoms with Crippen LogP contribution in [0.25, 0.3) is 10.9 Å². The fourth-order valence-corrected chi connectivity index (χ4v) is 8.06. The molecular formula is C35H28BrF3NO3PS. The summed E-state index contributed by atoms with van der Waals surface area (Å²) in [5.74, 6) is 0.104. The second kappa shape index (κ2) is 13.7. The van der Waals surface area contributed by atoms with Crippen molar-refractivity contribution >= 4 is 60.8 Å². The highest BCUT2D eigenvalue weighted by Crippen LogP contribution is 2.42. The number of rotatable bonds is 6. The Labute approximate surface area is 269 Å². The Hall–Kier alpha value is -3.75. The molecule has 0 aliphatic rings. The highest BCUT2D eigenvalue weighted by molar-refractivity contribution is 9.10. The lowest BCUT2D eigenvalue weighted by molar-refractivity contribution is -0.0510. The van der Waals surface area contributed by atoms with E-state index in [1.54, 1.807) is 0 Å². The minimum atomic E-state index is -5.84. The van der Waals surface area contributed by atoms with E-state index in [2.05, 4.69) is 167 Å². The number of nitrogens with zero attached hydrogens (tertiary/aromatic N) is 1. The molecule has 1 unspecified atom stereocenters. The van der Waals surface area contributed by atoms with Gasteiger partial charge in [-0.15, -0.1) is 0 Å². The van der Waals surface area contributed by atoms with E-state index in [4.69, 9.17) is 13.0 Å². The zero-order valence-electron chi connectivity index (χ0n) is 23.9. The van der Waals surface area contributed by atoms with Crippen LogP contribution >= 0.6 is 23.9 Å². The molecule has 0 bridgehead atoms. The lowest BCUT2D eigenvalue weighted by atomic mass is 9.85. The van der Waals surface area contributed by atoms with Gasteiger partial charge in [0.2, 0.25) is 0 Å². The molecule has 0 amide bonds. The van der Waals surface area contributed by atoms with Gasteiger partial charge in [0, 0.05) is 34.5 Å². The van der Waals surface area contributed by atoms with Crippen molar-refractivity contribution in [1.29, 1.82) is 0 Å². The molecule has 0 fully saturated rings. The lowest BCUT2D eigenvalue weighted by Crippen LogP contribution is -2.25. The zero-order valence-corrected chi connectivity index (χ0v) is 27.2. The number of hydrogen-bond donors (Lipinski definition) is 1. The SMILES string of the molecule is Cn1cc(C(c2ccc(Br)cc2)c2ccccc2P(c2ccccc2)c2ccccc2)c2ccccc21.O=S(=O)(O)C(F)(F)F. The molecule has 0 radical (unpaired) electrons. The van der Waals surface area contributed by atoms with Gasteiger partial charge in [0.25, 0.3) is 0 Å². The van der Waals surface area contributed by atoms with E-state index in [0.29, 0.717) is 0 Å². The third kappa shape index (κ3) is 7.39. The quantitative estimate of drug-likeness (QED) is 0.108. The van der Waals surface area contributed by atoms with Gasteiger partial charge >= 0.3 is 15.6 Å². The van der Waals surface area contributed by atoms with Gasteiger partial charge in [-0.1, -0.05) is 131 Å². The van der Waals surface area contributed by atoms with E-state index >= 15 is 0 Å². The van der Waals surface area contributed by atoms with Crippen LogP contribution in [0, 0.1) is 0 Å². The Morgan fingerprint density at radius 1 is 0.711 bits per heavy atom. The number of halogens is 4. The van der Waals surface area contributed by atoms with Crippen molar-refractivity contribution in [2.75, 3.05) is 0 Å². The topological polar surface area (TPSA) is 59.3 Å². The van der Waals surface area contributed by atoms with Crippen molar-refractivity contribution in [3.63, 3.8) is 0 Å². The molecule has 1 atom stereocenters. The molecule has 230 valence electrons. The molecule has 1 aromatic heterocycles. The second-order valence-electron chi connectivity index (χ2n) is 10.2. The zero-order chi connectivity index (χ0) is 32.2. The summed E-state index contributed by atoms with van der Waals surface area (Å²) < 4.78 is 60.9. The van der Waals surface area contributed by atoms with Crippen LogP contribution in [0.15, 0.2) is 144 Å². The lowest BCUT2D eigenvalue weighted by Gasteiger charge is -2.27. The first-order valence-electron chi connectivity index (χ1n) is 13.8. The molecule has 5 aromatic carbocycles. The average Bonchev–Trinajstić information content (AvgIpc) is 3.35. The first-order valence-corrected chi connectivity index (χ1v) is 17.4. The number of aryl methyl sites for hydroxylation is 1. The minimum Gasteiger partial charge on any atom is -0.350 e. The minimum absolute atomic E-state index is 0.104. The first kappa shape index (κ1) is 32.6. The normalized spacial score (nSPS) is 12.5. The van der Waals surface area contributed by atoms with Gasteiger partial charge in [-0.2, -0.15) is 21.6 Å². The molecule has 45 heavy (non-hydrogen) atoms. The number of alkyl halides is 3. The van der Waals surface area contributed by atoms with Crippen molar-refractivity contribution < 1.29 is 26.1 Å². The molecule has 10 heteroatoms. The molecule has 0 aliphatic heterocycles. The van der Waals surface area contributed by atoms with Crippen LogP contribution in [0.3, 0.4) is 0 Å². The predicted molar refractivity (Wildman–Crippen MR) is 181 cm³/mol. The van der Waals surface area contributed by atoms with Gasteiger partial charge in [0.1, 0.15) is 0 Å². The van der Waals surface area contributed by atoms with E-state index in [0.717, 1.165) is 4.47 Å². The van der Waals surface area contributed by atoms with E-state index in [9.17, 15) is 13.2 Å². The maximum atomic E-state index is 10.7. The largest absolute Gasteiger partial charge is 0.522 e. The fourth-order valence-electron chi connectivity index (χ4n) is 5.30. The third-order valence-electron chi connectivity index (χ3n) is 7.25. The van der Waals surface area contributed by atoms with Gasteiger partial charge in [0.15, 0.2) is 0 Å². The van der Waals surface area contributed by atoms with Crippen molar-refractivity contribution in [2.24, 2.45) is 7.05 Å². The summed E-state index contributed by atoms with van der Waals surface area (Å²) in [5, 5.41) is 5.43. The van der Waals surface area contributed by atoms with E-state index in [1.165, 1.54) is 43.5 Å². The smallest absolute Gasteiger partial charge is 0.350 e. The van der Waals surface area contributed by atoms with Gasteiger partial charge < -0.3 is 4.57 Å². The average molecular weight is 711 g/mol. The first-order chi connectivity index (χ1) is 21.5. The van der Waals surface area contributed by atoms with Crippen molar-refractivity contribution in [3.05, 3.63) is 161 Å². The van der Waals surface area contributed by atoms with Crippen LogP contribution in [0.2, 0.25) is 0 Å². The molecule has 0 saturated heterocycles. The van der Waals surface area contributed by atoms with Gasteiger partial charge in [-0.3, -0.25) is 4.55 Å². The van der Waals surface area contributed by atoms with Gasteiger partial charge in [-0.25, -0.2) is 0 Å². The van der Waals surface area contributed by atoms with Crippen LogP contribution in [-0.4, -0.2) is 23.0 Å². The Balaban J connectivity index is 0.000000444. The third-order valence-corrected chi connectivity index (χ3v) is 10.9. The maximum absolute atomic E-state index is 10.7. The van der Waals surface area contributed by atoms with Crippen molar-refractivity contribution in [1.82, 2.24) is 4.57 Å². The predicted octanol–water partition coefficient (Wildman–Crippen LogP) is 8.27. The molecule has 1 heterocycles. The van der Waals surface area contributed by atoms with E-state index < -0.39 is 23.5 Å². The van der Waals surface area contributed by atoms with Gasteiger partial charge in [-0.05, 0) is 58.7 Å². The molecule has 1 N–H and O–H groups in total. The molecule has 0 saturated carbocycles. The van der Waals surface area contributed by atoms with Crippen molar-refractivity contribution in [2.45, 2.75) is 11.4 Å². The van der Waals surface area contributed by atoms with E-state index in [-0.39, 0.29) is 5.92 Å². The van der Waals surface area contributed by atoms with Crippen LogP contribution in [-0.2, 0) is 17.2 Å². The van der Waals surface area contributed by atoms with Crippen molar-refractivity contribution in [3.8, 4) is 0 Å². The summed E-state index contributed by atoms with van der Waals surface area (Å²) in [5.41, 5.74) is -0.287. The van der Waals surface area contributed by atoms with Crippen LogP contribution in [0.1, 0.15) is 22.6 Å². The fraction of sp³-hybridized carbons (Fsp3) is 0.0857. The Morgan fingerprint density at radius 3 is 1.76 bits per heavy atom. The summed E-state index contributed by atoms with van der Waals surface area (Å²) in [7, 11) is -4.43. The molecule has 6 rings (SSSR count). The number of hydrogen-bond acceptors (Lipinski definition) is 2. The molecule has 4 nitrogen and oxygen atoms in total. The monoisotopic (exact) mass is 709 g/mol. The second-order valence-corrected chi connectivity index (χ2v) is 14.7. The number of fused-ring (bicyclic) bond motifs is 1. The summed E-state index contributed by atoms with van der Waals surface area (Å²) in [6.07, 6.45) is 2.32. The van der Waals surface area contributed by atoms with E-state index in [1.807, 2.05) is 0 Å². The van der Waals surface area contributed by atoms with Crippen LogP contribution < -0.4 is 15.9 Å². The Bertz CT molecular complexity index is 1960. The number of benzene rings is 5. The number of para-hydroxylation sites is 1. The standard InChI is InChI=1S/C34H27BrNP.CHF3O3S/c1-36-24-31(29-16-8-10-18-32(29)36)34(25-20-22-26(35)23-21-25)30-17-9-11-19-33(30)37(27-12-4-2-5-13-27)28-14-6-3-7-15-28;2-1(3,4)8(5,6)7/h2-24,34H,1H3;(H,5,6,7). The Kier molecular flexibility index (Phi) is 9.94. The maximum Gasteiger partial charge on any atom is 0.522 e. The summed E-state index contributed by atoms with van der Waals surface area (Å²) in [6, 6.07) is 48.6. The highest BCUT2D eigenvalue weighted by Gasteiger charge is 2.44. The van der Waals surface area contributed by atoms with Gasteiger partial charge in [0.05, 0.1) is 0 Å². The summed E-state index contributed by atoms with van der Waals surface area (Å²) >= 11 is 3.65. The Morgan fingerprint density at radius 2 is 1.20 bits per heavy atom. The molecule has 6 aromatic rings. The number of aromatic nitrogens is 1.